The van der Waals surface area contributed by atoms with Gasteiger partial charge in [0, 0.05) is 13.5 Å². The van der Waals surface area contributed by atoms with E-state index in [0.717, 1.165) is 6.92 Å². The van der Waals surface area contributed by atoms with Crippen LogP contribution >= 0.6 is 0 Å². The molecule has 9 amide bonds. The van der Waals surface area contributed by atoms with Crippen LogP contribution in [0.15, 0.2) is 0 Å². The summed E-state index contributed by atoms with van der Waals surface area (Å²) in [5.41, 5.74) is 6.40. The van der Waals surface area contributed by atoms with E-state index < -0.39 is 224 Å². The van der Waals surface area contributed by atoms with Crippen molar-refractivity contribution in [1.82, 2.24) is 47.4 Å². The Hall–Kier alpha value is -5.74. The number of carbonyl (C=O) groups excluding carboxylic acids is 9. The number of nitrogens with one attached hydrogen (secondary N) is 8. The molecule has 17 N–H and O–H groups in total. The van der Waals surface area contributed by atoms with Crippen molar-refractivity contribution in [3.8, 4) is 0 Å². The van der Waals surface area contributed by atoms with E-state index in [1.165, 1.54) is 25.7 Å². The van der Waals surface area contributed by atoms with Crippen LogP contribution in [0.1, 0.15) is 110 Å². The smallest absolute Gasteiger partial charge is 0.325 e. The molecule has 9 unspecified atom stereocenters. The number of aliphatic hydroxyl groups is 6. The number of ether oxygens (including phenoxy) is 4. The molecular formula is C54H94N10O21. The van der Waals surface area contributed by atoms with Crippen LogP contribution in [-0.4, -0.2) is 241 Å². The highest BCUT2D eigenvalue weighted by Gasteiger charge is 2.53. The monoisotopic (exact) mass is 1220 g/mol. The van der Waals surface area contributed by atoms with Crippen LogP contribution in [0.2, 0.25) is 0 Å². The summed E-state index contributed by atoms with van der Waals surface area (Å²) in [6, 6.07) is -12.8. The molecule has 0 aromatic heterocycles. The van der Waals surface area contributed by atoms with Crippen molar-refractivity contribution in [1.29, 1.82) is 0 Å². The number of carboxylic acids is 1. The Balaban J connectivity index is 1.71. The van der Waals surface area contributed by atoms with Crippen LogP contribution in [-0.2, 0) is 66.9 Å². The average molecular weight is 1220 g/mol. The van der Waals surface area contributed by atoms with Crippen molar-refractivity contribution >= 4 is 59.1 Å². The number of nitrogens with zero attached hydrogens (tertiary/aromatic N) is 1. The fraction of sp³-hybridized carbons (Fsp3) is 0.815. The molecule has 3 aliphatic heterocycles. The lowest BCUT2D eigenvalue weighted by atomic mass is 9.95. The van der Waals surface area contributed by atoms with Crippen LogP contribution in [0.4, 0.5) is 0 Å². The zero-order valence-corrected chi connectivity index (χ0v) is 50.8. The summed E-state index contributed by atoms with van der Waals surface area (Å²) >= 11 is 0. The number of hydrogen-bond donors (Lipinski definition) is 16. The molecule has 3 fully saturated rings. The number of nitrogens with two attached hydrogens (primary N) is 1. The maximum Gasteiger partial charge on any atom is 0.325 e. The molecule has 0 bridgehead atoms. The molecule has 31 heteroatoms. The molecule has 0 aromatic carbocycles. The molecule has 3 rings (SSSR count). The van der Waals surface area contributed by atoms with Gasteiger partial charge in [0.15, 0.2) is 12.6 Å². The Morgan fingerprint density at radius 1 is 0.541 bits per heavy atom. The SMILES string of the molecule is CC(=O)NC1[C@@H](OC(C)[C@H](N)C(=O)NC(C(=O)N2CCC[C@H]2C(=O)NC(C)C(=O)N[C@H](C(=O)NC(C(=O)N[C@H](C(=O)NC(C(=O)N[C@@H](C)C(=O)O)C(C)C)C(C)C)C(C)C)C(C)C)C(C)C)OC(CO)[C@H](O)[C@@H]1O[C@@H]1OC(CO)[C@H](O)C(O)[C@@H]1O. The number of rotatable bonds is 29. The average Bonchev–Trinajstić information content (AvgIpc) is 2.04. The third-order valence-corrected chi connectivity index (χ3v) is 15.1. The number of aliphatic carboxylic acids is 1. The Morgan fingerprint density at radius 3 is 1.40 bits per heavy atom. The Kier molecular flexibility index (Phi) is 28.4. The number of hydrogen-bond acceptors (Lipinski definition) is 21. The molecule has 486 valence electrons. The summed E-state index contributed by atoms with van der Waals surface area (Å²) in [5.74, 6) is -10.8. The quantitative estimate of drug-likeness (QED) is 0.0332. The molecule has 31 nitrogen and oxygen atoms in total. The first-order valence-electron chi connectivity index (χ1n) is 28.8. The lowest BCUT2D eigenvalue weighted by Crippen LogP contribution is -2.68. The van der Waals surface area contributed by atoms with E-state index in [0.29, 0.717) is 6.42 Å². The Bertz CT molecular complexity index is 2310. The van der Waals surface area contributed by atoms with Gasteiger partial charge >= 0.3 is 5.97 Å². The molecular weight excluding hydrogens is 1120 g/mol. The molecule has 3 aliphatic rings. The van der Waals surface area contributed by atoms with E-state index in [9.17, 15) is 83.7 Å². The minimum atomic E-state index is -1.93. The molecule has 3 saturated heterocycles. The van der Waals surface area contributed by atoms with Crippen molar-refractivity contribution in [3.05, 3.63) is 0 Å². The van der Waals surface area contributed by atoms with E-state index in [4.69, 9.17) is 24.7 Å². The minimum absolute atomic E-state index is 0.0856. The predicted molar refractivity (Wildman–Crippen MR) is 298 cm³/mol. The molecule has 0 aliphatic carbocycles. The Morgan fingerprint density at radius 2 is 0.965 bits per heavy atom. The third kappa shape index (κ3) is 19.6. The van der Waals surface area contributed by atoms with E-state index >= 15 is 0 Å². The first-order chi connectivity index (χ1) is 39.5. The van der Waals surface area contributed by atoms with Gasteiger partial charge in [0.2, 0.25) is 53.2 Å². The van der Waals surface area contributed by atoms with Crippen molar-refractivity contribution in [3.63, 3.8) is 0 Å². The lowest BCUT2D eigenvalue weighted by molar-refractivity contribution is -0.347. The van der Waals surface area contributed by atoms with Crippen molar-refractivity contribution in [2.24, 2.45) is 35.3 Å². The van der Waals surface area contributed by atoms with Gasteiger partial charge in [-0.3, -0.25) is 47.9 Å². The standard InChI is InChI=1S/C54H94N10O21/c1-20(2)33(47(75)57-26(12)52(80)81)60-49(77)35(22(5)6)62-50(78)36(23(7)8)61-48(76)34(21(3)4)59-44(72)25(11)56-45(73)29-16-15-17-64(29)51(79)37(24(9)10)63-46(74)32(55)27(13)82-53-38(58-28(14)67)43(40(69)31(19-66)83-53)85-54-42(71)41(70)39(68)30(18-65)84-54/h20-27,29-43,53-54,65-66,68-71H,15-19,55H2,1-14H3,(H,56,73)(H,57,75)(H,58,67)(H,59,72)(H,60,77)(H,61,76)(H,62,78)(H,63,74)(H,80,81)/t25?,26-,27?,29-,30?,31?,32-,33?,34-,35-,36?,37?,38?,39-,40-,41?,42-,43+,53-,54-/m0/s1. The first kappa shape index (κ1) is 73.5. The van der Waals surface area contributed by atoms with Crippen LogP contribution in [0.5, 0.6) is 0 Å². The summed E-state index contributed by atoms with van der Waals surface area (Å²) in [4.78, 5) is 135. The maximum absolute atomic E-state index is 14.3. The van der Waals surface area contributed by atoms with Crippen LogP contribution < -0.4 is 48.3 Å². The second-order valence-corrected chi connectivity index (χ2v) is 23.7. The van der Waals surface area contributed by atoms with Gasteiger partial charge in [-0.05, 0) is 63.2 Å². The van der Waals surface area contributed by atoms with E-state index in [-0.39, 0.29) is 13.0 Å². The minimum Gasteiger partial charge on any atom is -0.480 e. The van der Waals surface area contributed by atoms with Gasteiger partial charge in [-0.1, -0.05) is 69.2 Å². The van der Waals surface area contributed by atoms with Crippen LogP contribution in [0.3, 0.4) is 0 Å². The molecule has 0 spiro atoms. The summed E-state index contributed by atoms with van der Waals surface area (Å²) in [6.45, 7) is 20.0. The van der Waals surface area contributed by atoms with E-state index in [2.05, 4.69) is 42.5 Å². The van der Waals surface area contributed by atoms with Gasteiger partial charge in [-0.2, -0.15) is 0 Å². The van der Waals surface area contributed by atoms with Gasteiger partial charge in [-0.25, -0.2) is 0 Å². The zero-order valence-electron chi connectivity index (χ0n) is 50.8. The Labute approximate surface area is 494 Å². The van der Waals surface area contributed by atoms with Gasteiger partial charge in [-0.15, -0.1) is 0 Å². The summed E-state index contributed by atoms with van der Waals surface area (Å²) in [5, 5.41) is 92.3. The van der Waals surface area contributed by atoms with Crippen molar-refractivity contribution < 1.29 is 103 Å². The summed E-state index contributed by atoms with van der Waals surface area (Å²) in [7, 11) is 0. The predicted octanol–water partition coefficient (Wildman–Crippen LogP) is -5.72. The van der Waals surface area contributed by atoms with Gasteiger partial charge < -0.3 is 108 Å². The topological polar surface area (TPSA) is 475 Å². The molecule has 0 aromatic rings. The van der Waals surface area contributed by atoms with E-state index in [1.54, 1.807) is 69.2 Å². The van der Waals surface area contributed by atoms with E-state index in [1.807, 2.05) is 0 Å². The molecule has 0 saturated carbocycles. The van der Waals surface area contributed by atoms with Crippen molar-refractivity contribution in [2.45, 2.75) is 232 Å². The highest BCUT2D eigenvalue weighted by Crippen LogP contribution is 2.31. The molecule has 0 radical (unpaired) electrons. The fourth-order valence-electron chi connectivity index (χ4n) is 9.71. The lowest BCUT2D eigenvalue weighted by Gasteiger charge is -2.48. The summed E-state index contributed by atoms with van der Waals surface area (Å²) < 4.78 is 23.1. The second kappa shape index (κ2) is 32.8. The number of likely N-dealkylation sites (tertiary alicyclic amines) is 1. The number of carbonyl (C=O) groups is 10. The highest BCUT2D eigenvalue weighted by atomic mass is 16.7. The zero-order chi connectivity index (χ0) is 64.8. The summed E-state index contributed by atoms with van der Waals surface area (Å²) in [6.07, 6.45) is -16.1. The molecule has 85 heavy (non-hydrogen) atoms. The van der Waals surface area contributed by atoms with Crippen LogP contribution in [0, 0.1) is 29.6 Å². The second-order valence-electron chi connectivity index (χ2n) is 23.7. The first-order valence-corrected chi connectivity index (χ1v) is 28.8. The number of carboxylic acid groups (broad SMARTS) is 1. The molecule has 20 atom stereocenters. The van der Waals surface area contributed by atoms with Gasteiger partial charge in [0.1, 0.15) is 103 Å². The number of aliphatic hydroxyl groups excluding tert-OH is 6. The van der Waals surface area contributed by atoms with Crippen LogP contribution in [0.25, 0.3) is 0 Å². The largest absolute Gasteiger partial charge is 0.480 e. The van der Waals surface area contributed by atoms with Gasteiger partial charge in [0.05, 0.1) is 19.3 Å². The molecule has 3 heterocycles. The fourth-order valence-corrected chi connectivity index (χ4v) is 9.71. The maximum atomic E-state index is 14.3. The third-order valence-electron chi connectivity index (χ3n) is 15.1. The highest BCUT2D eigenvalue weighted by molar-refractivity contribution is 5.98. The van der Waals surface area contributed by atoms with Crippen molar-refractivity contribution in [2.75, 3.05) is 19.8 Å². The van der Waals surface area contributed by atoms with Gasteiger partial charge in [0.25, 0.3) is 0 Å². The number of amides is 9. The normalized spacial score (nSPS) is 27.6.